The molecule has 28 heavy (non-hydrogen) atoms. The molecule has 7 heteroatoms. The number of ether oxygens (including phenoxy) is 1. The quantitative estimate of drug-likeness (QED) is 0.754. The van der Waals surface area contributed by atoms with E-state index in [0.717, 1.165) is 24.8 Å². The maximum absolute atomic E-state index is 12.8. The lowest BCUT2D eigenvalue weighted by Crippen LogP contribution is -2.47. The van der Waals surface area contributed by atoms with Crippen molar-refractivity contribution in [1.82, 2.24) is 15.2 Å². The number of urea groups is 1. The molecule has 0 saturated carbocycles. The van der Waals surface area contributed by atoms with Crippen LogP contribution in [0.2, 0.25) is 0 Å². The number of H-pyrrole nitrogens is 1. The Hall–Kier alpha value is -2.54. The van der Waals surface area contributed by atoms with Crippen LogP contribution in [-0.4, -0.2) is 59.8 Å². The van der Waals surface area contributed by atoms with Gasteiger partial charge in [-0.2, -0.15) is 0 Å². The summed E-state index contributed by atoms with van der Waals surface area (Å²) >= 11 is 0. The molecule has 1 fully saturated rings. The second-order valence-electron chi connectivity index (χ2n) is 8.21. The molecule has 2 amide bonds. The number of nitrogens with zero attached hydrogens (tertiary/aromatic N) is 1. The van der Waals surface area contributed by atoms with Gasteiger partial charge in [0.05, 0.1) is 6.61 Å². The third-order valence-electron chi connectivity index (χ3n) is 6.19. The van der Waals surface area contributed by atoms with Gasteiger partial charge in [-0.15, -0.1) is 0 Å². The summed E-state index contributed by atoms with van der Waals surface area (Å²) in [6.07, 6.45) is 2.98. The fourth-order valence-electron chi connectivity index (χ4n) is 4.60. The van der Waals surface area contributed by atoms with E-state index >= 15 is 0 Å². The maximum atomic E-state index is 12.8. The molecular weight excluding hydrogens is 358 g/mol. The smallest absolute Gasteiger partial charge is 0.317 e. The predicted molar refractivity (Wildman–Crippen MR) is 106 cm³/mol. The van der Waals surface area contributed by atoms with Crippen molar-refractivity contribution in [3.63, 3.8) is 0 Å². The van der Waals surface area contributed by atoms with Gasteiger partial charge in [0.1, 0.15) is 5.41 Å². The van der Waals surface area contributed by atoms with Gasteiger partial charge in [-0.3, -0.25) is 4.79 Å². The number of fused-ring (bicyclic) bond motifs is 3. The molecule has 150 valence electrons. The van der Waals surface area contributed by atoms with Gasteiger partial charge in [-0.25, -0.2) is 4.79 Å². The van der Waals surface area contributed by atoms with Gasteiger partial charge in [0.25, 0.3) is 0 Å². The number of carboxylic acids is 1. The van der Waals surface area contributed by atoms with Gasteiger partial charge in [-0.1, -0.05) is 11.6 Å². The van der Waals surface area contributed by atoms with Crippen molar-refractivity contribution in [2.24, 2.45) is 5.41 Å². The van der Waals surface area contributed by atoms with E-state index in [2.05, 4.69) is 35.4 Å². The normalized spacial score (nSPS) is 24.4. The minimum Gasteiger partial charge on any atom is -0.481 e. The number of aryl methyl sites for hydroxylation is 2. The molecule has 0 bridgehead atoms. The first-order chi connectivity index (χ1) is 13.4. The van der Waals surface area contributed by atoms with Crippen molar-refractivity contribution in [3.05, 3.63) is 35.0 Å². The van der Waals surface area contributed by atoms with Crippen molar-refractivity contribution < 1.29 is 19.4 Å². The first kappa shape index (κ1) is 18.8. The number of nitrogens with one attached hydrogen (secondary N) is 2. The molecule has 0 radical (unpaired) electrons. The molecule has 1 saturated heterocycles. The molecular formula is C21H27N3O4. The largest absolute Gasteiger partial charge is 0.481 e. The van der Waals surface area contributed by atoms with Crippen LogP contribution < -0.4 is 5.32 Å². The number of hydrogen-bond donors (Lipinski definition) is 3. The number of amides is 2. The summed E-state index contributed by atoms with van der Waals surface area (Å²) in [7, 11) is 1.50. The van der Waals surface area contributed by atoms with Crippen molar-refractivity contribution in [2.75, 3.05) is 26.8 Å². The van der Waals surface area contributed by atoms with E-state index in [9.17, 15) is 14.7 Å². The lowest BCUT2D eigenvalue weighted by molar-refractivity contribution is -0.151. The molecule has 0 spiro atoms. The van der Waals surface area contributed by atoms with Gasteiger partial charge < -0.3 is 25.0 Å². The number of hydrogen-bond acceptors (Lipinski definition) is 3. The lowest BCUT2D eigenvalue weighted by Gasteiger charge is -2.28. The van der Waals surface area contributed by atoms with Crippen molar-refractivity contribution >= 4 is 22.9 Å². The van der Waals surface area contributed by atoms with Crippen LogP contribution in [0.25, 0.3) is 10.9 Å². The molecule has 1 aromatic heterocycles. The molecule has 2 aliphatic rings. The Morgan fingerprint density at radius 1 is 1.43 bits per heavy atom. The molecule has 4 rings (SSSR count). The Labute approximate surface area is 164 Å². The topological polar surface area (TPSA) is 94.7 Å². The third-order valence-corrected chi connectivity index (χ3v) is 6.19. The Bertz CT molecular complexity index is 922. The van der Waals surface area contributed by atoms with Crippen LogP contribution in [0.3, 0.4) is 0 Å². The minimum absolute atomic E-state index is 0.0572. The van der Waals surface area contributed by atoms with Gasteiger partial charge in [0, 0.05) is 42.8 Å². The zero-order valence-electron chi connectivity index (χ0n) is 16.4. The van der Waals surface area contributed by atoms with Crippen LogP contribution in [-0.2, 0) is 22.4 Å². The van der Waals surface area contributed by atoms with Crippen LogP contribution in [0.1, 0.15) is 29.7 Å². The van der Waals surface area contributed by atoms with Crippen LogP contribution in [0.4, 0.5) is 4.79 Å². The minimum atomic E-state index is -1.000. The summed E-state index contributed by atoms with van der Waals surface area (Å²) in [6, 6.07) is 6.29. The van der Waals surface area contributed by atoms with E-state index in [0.29, 0.717) is 13.0 Å². The zero-order valence-corrected chi connectivity index (χ0v) is 16.4. The van der Waals surface area contributed by atoms with Gasteiger partial charge in [0.2, 0.25) is 0 Å². The zero-order chi connectivity index (χ0) is 19.9. The van der Waals surface area contributed by atoms with Crippen molar-refractivity contribution in [2.45, 2.75) is 38.6 Å². The number of aliphatic carboxylic acids is 1. The molecule has 7 nitrogen and oxygen atoms in total. The average Bonchev–Trinajstić information content (AvgIpc) is 3.24. The number of rotatable bonds is 4. The van der Waals surface area contributed by atoms with Crippen molar-refractivity contribution in [1.29, 1.82) is 0 Å². The molecule has 3 N–H and O–H groups in total. The van der Waals surface area contributed by atoms with E-state index in [4.69, 9.17) is 4.74 Å². The number of aromatic nitrogens is 1. The second-order valence-corrected chi connectivity index (χ2v) is 8.21. The fraction of sp³-hybridized carbons (Fsp3) is 0.524. The van der Waals surface area contributed by atoms with Crippen LogP contribution >= 0.6 is 0 Å². The number of likely N-dealkylation sites (tertiary alicyclic amines) is 1. The molecule has 1 aliphatic carbocycles. The number of aromatic amines is 1. The summed E-state index contributed by atoms with van der Waals surface area (Å²) < 4.78 is 5.11. The highest BCUT2D eigenvalue weighted by atomic mass is 16.5. The van der Waals surface area contributed by atoms with Gasteiger partial charge >= 0.3 is 12.0 Å². The summed E-state index contributed by atoms with van der Waals surface area (Å²) in [5.41, 5.74) is 3.92. The predicted octanol–water partition coefficient (Wildman–Crippen LogP) is 2.47. The van der Waals surface area contributed by atoms with Crippen LogP contribution in [0.5, 0.6) is 0 Å². The van der Waals surface area contributed by atoms with E-state index in [1.165, 1.54) is 29.3 Å². The summed E-state index contributed by atoms with van der Waals surface area (Å²) in [5.74, 6) is -0.902. The van der Waals surface area contributed by atoms with Gasteiger partial charge in [0.15, 0.2) is 0 Å². The Morgan fingerprint density at radius 3 is 3.00 bits per heavy atom. The number of carboxylic acid groups (broad SMARTS) is 1. The lowest BCUT2D eigenvalue weighted by atomic mass is 9.88. The molecule has 2 heterocycles. The number of methoxy groups -OCH3 is 1. The standard InChI is InChI=1S/C21H27N3O4/c1-13-3-5-17-15(9-13)16-10-14(4-6-18(16)23-17)22-20(27)24-8-7-21(11-24,12-28-2)19(25)26/h3,5,9,14,23H,4,6-8,10-12H2,1-2H3,(H,22,27)(H,25,26). The summed E-state index contributed by atoms with van der Waals surface area (Å²) in [5, 5.41) is 13.9. The van der Waals surface area contributed by atoms with Gasteiger partial charge in [-0.05, 0) is 50.3 Å². The summed E-state index contributed by atoms with van der Waals surface area (Å²) in [6.45, 7) is 2.83. The molecule has 1 aromatic carbocycles. The fourth-order valence-corrected chi connectivity index (χ4v) is 4.60. The Morgan fingerprint density at radius 2 is 2.25 bits per heavy atom. The molecule has 2 aromatic rings. The van der Waals surface area contributed by atoms with E-state index in [-0.39, 0.29) is 25.2 Å². The number of carbonyl (C=O) groups is 2. The van der Waals surface area contributed by atoms with E-state index in [1.54, 1.807) is 4.90 Å². The average molecular weight is 385 g/mol. The molecule has 2 unspecified atom stereocenters. The van der Waals surface area contributed by atoms with E-state index < -0.39 is 11.4 Å². The van der Waals surface area contributed by atoms with Crippen LogP contribution in [0.15, 0.2) is 18.2 Å². The Balaban J connectivity index is 1.45. The maximum Gasteiger partial charge on any atom is 0.317 e. The first-order valence-corrected chi connectivity index (χ1v) is 9.80. The van der Waals surface area contributed by atoms with E-state index in [1.807, 2.05) is 0 Å². The third kappa shape index (κ3) is 3.24. The highest BCUT2D eigenvalue weighted by molar-refractivity contribution is 5.86. The number of carbonyl (C=O) groups excluding carboxylic acids is 1. The molecule has 1 aliphatic heterocycles. The second kappa shape index (κ2) is 7.13. The molecule has 2 atom stereocenters. The first-order valence-electron chi connectivity index (χ1n) is 9.80. The monoisotopic (exact) mass is 385 g/mol. The van der Waals surface area contributed by atoms with Crippen LogP contribution in [0, 0.1) is 12.3 Å². The highest BCUT2D eigenvalue weighted by Gasteiger charge is 2.46. The van der Waals surface area contributed by atoms with Crippen molar-refractivity contribution in [3.8, 4) is 0 Å². The highest BCUT2D eigenvalue weighted by Crippen LogP contribution is 2.32. The Kier molecular flexibility index (Phi) is 4.79. The number of benzene rings is 1. The summed E-state index contributed by atoms with van der Waals surface area (Å²) in [4.78, 5) is 29.6. The SMILES string of the molecule is COCC1(C(=O)O)CCN(C(=O)NC2CCc3[nH]c4ccc(C)cc4c3C2)C1.